The summed E-state index contributed by atoms with van der Waals surface area (Å²) in [4.78, 5) is 4.74. The van der Waals surface area contributed by atoms with E-state index in [2.05, 4.69) is 26.2 Å². The fraction of sp³-hybridized carbons (Fsp3) is 0.333. The van der Waals surface area contributed by atoms with Crippen LogP contribution in [0.5, 0.6) is 0 Å². The van der Waals surface area contributed by atoms with E-state index in [1.807, 2.05) is 32.0 Å². The highest BCUT2D eigenvalue weighted by Crippen LogP contribution is 2.24. The van der Waals surface area contributed by atoms with Crippen LogP contribution in [0.15, 0.2) is 35.4 Å². The molecule has 0 aliphatic heterocycles. The second-order valence-corrected chi connectivity index (χ2v) is 8.14. The van der Waals surface area contributed by atoms with Gasteiger partial charge in [-0.05, 0) is 39.0 Å². The molecule has 2 aromatic heterocycles. The molecule has 1 aromatic carbocycles. The van der Waals surface area contributed by atoms with Gasteiger partial charge in [0.2, 0.25) is 10.0 Å². The molecule has 0 unspecified atom stereocenters. The van der Waals surface area contributed by atoms with E-state index in [1.54, 1.807) is 14.0 Å². The summed E-state index contributed by atoms with van der Waals surface area (Å²) in [6.07, 6.45) is 1.51. The minimum absolute atomic E-state index is 0.209. The topological polar surface area (TPSA) is 88.9 Å². The van der Waals surface area contributed by atoms with Crippen LogP contribution < -0.4 is 10.0 Å². The fourth-order valence-corrected chi connectivity index (χ4v) is 4.17. The quantitative estimate of drug-likeness (QED) is 0.647. The first kappa shape index (κ1) is 18.3. The number of rotatable bonds is 6. The maximum atomic E-state index is 12.4. The Balaban J connectivity index is 1.70. The number of aryl methyl sites for hydroxylation is 4. The maximum Gasteiger partial charge on any atom is 0.244 e. The summed E-state index contributed by atoms with van der Waals surface area (Å²) in [7, 11) is -1.87. The minimum atomic E-state index is -3.57. The number of hydrogen-bond donors (Lipinski definition) is 2. The first-order valence-corrected chi connectivity index (χ1v) is 9.86. The lowest BCUT2D eigenvalue weighted by molar-refractivity contribution is 0.582. The molecular weight excluding hydrogens is 350 g/mol. The van der Waals surface area contributed by atoms with Gasteiger partial charge >= 0.3 is 0 Å². The number of anilines is 1. The predicted molar refractivity (Wildman–Crippen MR) is 103 cm³/mol. The van der Waals surface area contributed by atoms with Crippen molar-refractivity contribution in [2.24, 2.45) is 7.05 Å². The van der Waals surface area contributed by atoms with Gasteiger partial charge in [-0.1, -0.05) is 11.6 Å². The van der Waals surface area contributed by atoms with Crippen LogP contribution in [0, 0.1) is 20.8 Å². The first-order chi connectivity index (χ1) is 12.3. The van der Waals surface area contributed by atoms with Crippen molar-refractivity contribution in [3.8, 4) is 0 Å². The number of hydrogen-bond acceptors (Lipinski definition) is 5. The molecule has 0 saturated carbocycles. The Morgan fingerprint density at radius 3 is 2.58 bits per heavy atom. The van der Waals surface area contributed by atoms with E-state index in [-0.39, 0.29) is 11.4 Å². The summed E-state index contributed by atoms with van der Waals surface area (Å²) in [6, 6.07) is 8.08. The number of nitrogens with one attached hydrogen (secondary N) is 2. The Morgan fingerprint density at radius 2 is 1.88 bits per heavy atom. The molecule has 0 amide bonds. The SMILES string of the molecule is Cc1ccc2nc(C)cc(NCCNS(=O)(=O)c3cn(C)nc3C)c2c1. The van der Waals surface area contributed by atoms with Crippen molar-refractivity contribution in [1.82, 2.24) is 19.5 Å². The van der Waals surface area contributed by atoms with E-state index in [4.69, 9.17) is 0 Å². The summed E-state index contributed by atoms with van der Waals surface area (Å²) in [5, 5.41) is 8.42. The zero-order valence-corrected chi connectivity index (χ0v) is 16.2. The zero-order chi connectivity index (χ0) is 18.9. The van der Waals surface area contributed by atoms with Crippen LogP contribution in [0.25, 0.3) is 10.9 Å². The predicted octanol–water partition coefficient (Wildman–Crippen LogP) is 2.28. The fourth-order valence-electron chi connectivity index (χ4n) is 2.92. The Kier molecular flexibility index (Phi) is 4.97. The first-order valence-electron chi connectivity index (χ1n) is 8.38. The van der Waals surface area contributed by atoms with Crippen LogP contribution in [0.2, 0.25) is 0 Å². The van der Waals surface area contributed by atoms with Gasteiger partial charge in [-0.2, -0.15) is 5.10 Å². The molecule has 0 atom stereocenters. The van der Waals surface area contributed by atoms with Crippen molar-refractivity contribution in [2.75, 3.05) is 18.4 Å². The lowest BCUT2D eigenvalue weighted by Crippen LogP contribution is -2.29. The molecule has 0 aliphatic rings. The second-order valence-electron chi connectivity index (χ2n) is 6.41. The van der Waals surface area contributed by atoms with Gasteiger partial charge < -0.3 is 5.32 Å². The monoisotopic (exact) mass is 373 g/mol. The molecule has 0 radical (unpaired) electrons. The standard InChI is InChI=1S/C18H23N5O2S/c1-12-5-6-16-15(9-12)17(10-13(2)21-16)19-7-8-20-26(24,25)18-11-23(4)22-14(18)3/h5-6,9-11,20H,7-8H2,1-4H3,(H,19,21). The highest BCUT2D eigenvalue weighted by Gasteiger charge is 2.19. The summed E-state index contributed by atoms with van der Waals surface area (Å²) < 4.78 is 28.9. The van der Waals surface area contributed by atoms with Gasteiger partial charge in [0.25, 0.3) is 0 Å². The minimum Gasteiger partial charge on any atom is -0.383 e. The average molecular weight is 373 g/mol. The van der Waals surface area contributed by atoms with Gasteiger partial charge in [0.05, 0.1) is 11.2 Å². The third-order valence-corrected chi connectivity index (χ3v) is 5.65. The van der Waals surface area contributed by atoms with Gasteiger partial charge in [0.15, 0.2) is 0 Å². The molecule has 3 rings (SSSR count). The van der Waals surface area contributed by atoms with E-state index in [0.29, 0.717) is 12.2 Å². The number of benzene rings is 1. The van der Waals surface area contributed by atoms with Gasteiger partial charge in [-0.3, -0.25) is 9.67 Å². The summed E-state index contributed by atoms with van der Waals surface area (Å²) in [5.41, 5.74) is 4.42. The van der Waals surface area contributed by atoms with E-state index >= 15 is 0 Å². The van der Waals surface area contributed by atoms with Gasteiger partial charge in [0.1, 0.15) is 4.90 Å². The molecular formula is C18H23N5O2S. The normalized spacial score (nSPS) is 11.8. The number of nitrogens with zero attached hydrogens (tertiary/aromatic N) is 3. The van der Waals surface area contributed by atoms with Crippen molar-refractivity contribution in [3.63, 3.8) is 0 Å². The van der Waals surface area contributed by atoms with E-state index in [0.717, 1.165) is 27.8 Å². The second kappa shape index (κ2) is 7.05. The maximum absolute atomic E-state index is 12.4. The van der Waals surface area contributed by atoms with E-state index in [9.17, 15) is 8.42 Å². The lowest BCUT2D eigenvalue weighted by Gasteiger charge is -2.12. The molecule has 0 bridgehead atoms. The number of sulfonamides is 1. The third kappa shape index (κ3) is 3.86. The molecule has 0 spiro atoms. The molecule has 26 heavy (non-hydrogen) atoms. The summed E-state index contributed by atoms with van der Waals surface area (Å²) >= 11 is 0. The van der Waals surface area contributed by atoms with Crippen LogP contribution in [0.4, 0.5) is 5.69 Å². The molecule has 2 heterocycles. The van der Waals surface area contributed by atoms with E-state index in [1.165, 1.54) is 10.9 Å². The molecule has 0 saturated heterocycles. The average Bonchev–Trinajstić information content (AvgIpc) is 2.91. The van der Waals surface area contributed by atoms with Crippen molar-refractivity contribution in [3.05, 3.63) is 47.4 Å². The zero-order valence-electron chi connectivity index (χ0n) is 15.4. The third-order valence-electron chi connectivity index (χ3n) is 4.08. The van der Waals surface area contributed by atoms with Gasteiger partial charge in [-0.25, -0.2) is 13.1 Å². The Labute approximate surface area is 153 Å². The summed E-state index contributed by atoms with van der Waals surface area (Å²) in [6.45, 7) is 6.39. The molecule has 3 aromatic rings. The van der Waals surface area contributed by atoms with Gasteiger partial charge in [0, 0.05) is 43.1 Å². The largest absolute Gasteiger partial charge is 0.383 e. The lowest BCUT2D eigenvalue weighted by atomic mass is 10.1. The Bertz CT molecular complexity index is 1060. The molecule has 8 heteroatoms. The van der Waals surface area contributed by atoms with Crippen LogP contribution in [0.3, 0.4) is 0 Å². The number of aromatic nitrogens is 3. The Hall–Kier alpha value is -2.45. The molecule has 0 aliphatic carbocycles. The van der Waals surface area contributed by atoms with Crippen LogP contribution in [-0.4, -0.2) is 36.3 Å². The van der Waals surface area contributed by atoms with Crippen molar-refractivity contribution >= 4 is 26.6 Å². The van der Waals surface area contributed by atoms with Crippen LogP contribution >= 0.6 is 0 Å². The van der Waals surface area contributed by atoms with Crippen molar-refractivity contribution < 1.29 is 8.42 Å². The molecule has 2 N–H and O–H groups in total. The highest BCUT2D eigenvalue weighted by molar-refractivity contribution is 7.89. The smallest absolute Gasteiger partial charge is 0.244 e. The van der Waals surface area contributed by atoms with Crippen LogP contribution in [-0.2, 0) is 17.1 Å². The molecule has 138 valence electrons. The Morgan fingerprint density at radius 1 is 1.12 bits per heavy atom. The highest BCUT2D eigenvalue weighted by atomic mass is 32.2. The van der Waals surface area contributed by atoms with Gasteiger partial charge in [-0.15, -0.1) is 0 Å². The van der Waals surface area contributed by atoms with Crippen molar-refractivity contribution in [1.29, 1.82) is 0 Å². The van der Waals surface area contributed by atoms with Crippen LogP contribution in [0.1, 0.15) is 17.0 Å². The number of pyridine rings is 1. The molecule has 7 nitrogen and oxygen atoms in total. The van der Waals surface area contributed by atoms with E-state index < -0.39 is 10.0 Å². The summed E-state index contributed by atoms with van der Waals surface area (Å²) in [5.74, 6) is 0. The molecule has 0 fully saturated rings. The number of fused-ring (bicyclic) bond motifs is 1. The van der Waals surface area contributed by atoms with Crippen molar-refractivity contribution in [2.45, 2.75) is 25.7 Å².